The molecule has 0 radical (unpaired) electrons. The third-order valence-corrected chi connectivity index (χ3v) is 5.10. The third-order valence-electron chi connectivity index (χ3n) is 5.10. The van der Waals surface area contributed by atoms with E-state index < -0.39 is 0 Å². The van der Waals surface area contributed by atoms with E-state index in [1.54, 1.807) is 0 Å². The van der Waals surface area contributed by atoms with Crippen molar-refractivity contribution in [2.24, 2.45) is 0 Å². The Bertz CT molecular complexity index is 674. The monoisotopic (exact) mass is 342 g/mol. The fourth-order valence-corrected chi connectivity index (χ4v) is 3.50. The number of likely N-dealkylation sites (tertiary alicyclic amines) is 1. The highest BCUT2D eigenvalue weighted by Crippen LogP contribution is 2.22. The van der Waals surface area contributed by atoms with Crippen molar-refractivity contribution >= 4 is 5.95 Å². The molecule has 0 atom stereocenters. The lowest BCUT2D eigenvalue weighted by atomic mass is 10.1. The summed E-state index contributed by atoms with van der Waals surface area (Å²) in [6.07, 6.45) is 5.49. The molecule has 0 bridgehead atoms. The molecule has 2 saturated heterocycles. The summed E-state index contributed by atoms with van der Waals surface area (Å²) in [6.45, 7) is 11.4. The van der Waals surface area contributed by atoms with Gasteiger partial charge in [-0.1, -0.05) is 13.8 Å². The summed E-state index contributed by atoms with van der Waals surface area (Å²) in [7, 11) is 0. The average molecular weight is 342 g/mol. The topological polar surface area (TPSA) is 61.5 Å². The minimum absolute atomic E-state index is 0.398. The molecule has 2 aromatic rings. The van der Waals surface area contributed by atoms with Gasteiger partial charge >= 0.3 is 0 Å². The van der Waals surface area contributed by atoms with E-state index in [2.05, 4.69) is 43.5 Å². The van der Waals surface area contributed by atoms with E-state index in [4.69, 9.17) is 4.42 Å². The Kier molecular flexibility index (Phi) is 4.67. The highest BCUT2D eigenvalue weighted by Gasteiger charge is 2.34. The number of nitrogens with zero attached hydrogens (tertiary/aromatic N) is 6. The molecule has 0 spiro atoms. The Balaban J connectivity index is 1.22. The van der Waals surface area contributed by atoms with E-state index in [0.717, 1.165) is 63.4 Å². The van der Waals surface area contributed by atoms with Crippen molar-refractivity contribution in [1.29, 1.82) is 0 Å². The number of rotatable bonds is 5. The van der Waals surface area contributed by atoms with Crippen LogP contribution in [0.15, 0.2) is 29.1 Å². The van der Waals surface area contributed by atoms with Crippen LogP contribution in [0.3, 0.4) is 0 Å². The maximum absolute atomic E-state index is 5.81. The van der Waals surface area contributed by atoms with Crippen molar-refractivity contribution in [2.45, 2.75) is 32.4 Å². The van der Waals surface area contributed by atoms with Crippen molar-refractivity contribution in [2.75, 3.05) is 44.2 Å². The van der Waals surface area contributed by atoms with Crippen LogP contribution in [-0.4, -0.2) is 70.1 Å². The molecule has 25 heavy (non-hydrogen) atoms. The van der Waals surface area contributed by atoms with Crippen LogP contribution in [0.1, 0.15) is 31.4 Å². The molecule has 0 aromatic carbocycles. The quantitative estimate of drug-likeness (QED) is 0.818. The van der Waals surface area contributed by atoms with Crippen molar-refractivity contribution < 1.29 is 4.42 Å². The first-order valence-corrected chi connectivity index (χ1v) is 9.12. The second-order valence-electron chi connectivity index (χ2n) is 7.23. The first-order chi connectivity index (χ1) is 12.2. The first-order valence-electron chi connectivity index (χ1n) is 9.12. The molecule has 0 N–H and O–H groups in total. The van der Waals surface area contributed by atoms with Crippen LogP contribution in [0, 0.1) is 0 Å². The van der Waals surface area contributed by atoms with Gasteiger partial charge in [-0.3, -0.25) is 9.80 Å². The lowest BCUT2D eigenvalue weighted by Crippen LogP contribution is -2.62. The zero-order valence-electron chi connectivity index (χ0n) is 15.0. The van der Waals surface area contributed by atoms with Crippen molar-refractivity contribution in [3.8, 4) is 0 Å². The van der Waals surface area contributed by atoms with Gasteiger partial charge < -0.3 is 9.32 Å². The Hall–Kier alpha value is -1.99. The summed E-state index contributed by atoms with van der Waals surface area (Å²) in [6, 6.07) is 2.51. The van der Waals surface area contributed by atoms with E-state index in [1.165, 1.54) is 0 Å². The summed E-state index contributed by atoms with van der Waals surface area (Å²) >= 11 is 0. The zero-order chi connectivity index (χ0) is 17.2. The molecule has 2 fully saturated rings. The van der Waals surface area contributed by atoms with Gasteiger partial charge in [-0.05, 0) is 6.07 Å². The van der Waals surface area contributed by atoms with Gasteiger partial charge in [0.1, 0.15) is 5.76 Å². The van der Waals surface area contributed by atoms with Crippen molar-refractivity contribution in [3.05, 3.63) is 36.3 Å². The van der Waals surface area contributed by atoms with Gasteiger partial charge in [-0.2, -0.15) is 0 Å². The number of anilines is 1. The molecular formula is C18H26N6O. The standard InChI is InChI=1S/C18H26N6O/c1-14(2)16-10-21-17(25-16)13-22-11-15(12-22)23-6-8-24(9-7-23)18-19-4-3-5-20-18/h3-5,10,14-15H,6-9,11-13H2,1-2H3. The van der Waals surface area contributed by atoms with E-state index in [9.17, 15) is 0 Å². The predicted molar refractivity (Wildman–Crippen MR) is 95.5 cm³/mol. The molecular weight excluding hydrogens is 316 g/mol. The van der Waals surface area contributed by atoms with Gasteiger partial charge in [0.05, 0.1) is 12.7 Å². The molecule has 134 valence electrons. The molecule has 2 aliphatic rings. The van der Waals surface area contributed by atoms with E-state index in [0.29, 0.717) is 12.0 Å². The number of oxazole rings is 1. The molecule has 4 heterocycles. The Morgan fingerprint density at radius 1 is 1.08 bits per heavy atom. The van der Waals surface area contributed by atoms with Crippen LogP contribution in [0.5, 0.6) is 0 Å². The maximum atomic E-state index is 5.81. The Morgan fingerprint density at radius 2 is 1.80 bits per heavy atom. The predicted octanol–water partition coefficient (Wildman–Crippen LogP) is 1.59. The number of hydrogen-bond donors (Lipinski definition) is 0. The van der Waals surface area contributed by atoms with Gasteiger partial charge in [0.2, 0.25) is 11.8 Å². The minimum Gasteiger partial charge on any atom is -0.444 e. The van der Waals surface area contributed by atoms with Crippen molar-refractivity contribution in [3.63, 3.8) is 0 Å². The van der Waals surface area contributed by atoms with Crippen LogP contribution >= 0.6 is 0 Å². The van der Waals surface area contributed by atoms with E-state index in [1.807, 2.05) is 24.7 Å². The summed E-state index contributed by atoms with van der Waals surface area (Å²) in [5.41, 5.74) is 0. The second-order valence-corrected chi connectivity index (χ2v) is 7.23. The number of hydrogen-bond acceptors (Lipinski definition) is 7. The fourth-order valence-electron chi connectivity index (χ4n) is 3.50. The lowest BCUT2D eigenvalue weighted by Gasteiger charge is -2.47. The first kappa shape index (κ1) is 16.5. The highest BCUT2D eigenvalue weighted by atomic mass is 16.4. The molecule has 7 nitrogen and oxygen atoms in total. The van der Waals surface area contributed by atoms with Gasteiger partial charge in [-0.25, -0.2) is 15.0 Å². The van der Waals surface area contributed by atoms with E-state index in [-0.39, 0.29) is 0 Å². The third kappa shape index (κ3) is 3.67. The van der Waals surface area contributed by atoms with Crippen LogP contribution in [-0.2, 0) is 6.54 Å². The van der Waals surface area contributed by atoms with Gasteiger partial charge in [0, 0.05) is 63.6 Å². The largest absolute Gasteiger partial charge is 0.444 e. The number of aromatic nitrogens is 3. The molecule has 2 aromatic heterocycles. The maximum Gasteiger partial charge on any atom is 0.225 e. The van der Waals surface area contributed by atoms with Gasteiger partial charge in [-0.15, -0.1) is 0 Å². The summed E-state index contributed by atoms with van der Waals surface area (Å²) in [4.78, 5) is 20.4. The van der Waals surface area contributed by atoms with Crippen LogP contribution in [0.25, 0.3) is 0 Å². The average Bonchev–Trinajstić information content (AvgIpc) is 3.08. The Labute approximate surface area is 148 Å². The molecule has 2 aliphatic heterocycles. The molecule has 4 rings (SSSR count). The van der Waals surface area contributed by atoms with Gasteiger partial charge in [0.25, 0.3) is 0 Å². The molecule has 0 saturated carbocycles. The highest BCUT2D eigenvalue weighted by molar-refractivity contribution is 5.29. The minimum atomic E-state index is 0.398. The normalized spacial score (nSPS) is 20.2. The molecule has 0 unspecified atom stereocenters. The second kappa shape index (κ2) is 7.09. The van der Waals surface area contributed by atoms with Crippen LogP contribution in [0.4, 0.5) is 5.95 Å². The SMILES string of the molecule is CC(C)c1cnc(CN2CC(N3CCN(c4ncccn4)CC3)C2)o1. The molecule has 7 heteroatoms. The van der Waals surface area contributed by atoms with E-state index >= 15 is 0 Å². The van der Waals surface area contributed by atoms with Crippen LogP contribution in [0.2, 0.25) is 0 Å². The summed E-state index contributed by atoms with van der Waals surface area (Å²) in [5, 5.41) is 0. The van der Waals surface area contributed by atoms with Crippen LogP contribution < -0.4 is 4.90 Å². The Morgan fingerprint density at radius 3 is 2.44 bits per heavy atom. The van der Waals surface area contributed by atoms with Crippen molar-refractivity contribution in [1.82, 2.24) is 24.8 Å². The van der Waals surface area contributed by atoms with Gasteiger partial charge in [0.15, 0.2) is 0 Å². The summed E-state index contributed by atoms with van der Waals surface area (Å²) in [5.74, 6) is 3.07. The fraction of sp³-hybridized carbons (Fsp3) is 0.611. The molecule has 0 aliphatic carbocycles. The number of piperazine rings is 1. The molecule has 0 amide bonds. The lowest BCUT2D eigenvalue weighted by molar-refractivity contribution is 0.0203. The zero-order valence-corrected chi connectivity index (χ0v) is 15.0. The smallest absolute Gasteiger partial charge is 0.225 e. The summed E-state index contributed by atoms with van der Waals surface area (Å²) < 4.78 is 5.81.